The van der Waals surface area contributed by atoms with E-state index in [0.29, 0.717) is 5.92 Å². The van der Waals surface area contributed by atoms with Crippen LogP contribution < -0.4 is 5.32 Å². The Morgan fingerprint density at radius 1 is 1.12 bits per heavy atom. The second-order valence-corrected chi connectivity index (χ2v) is 9.24. The van der Waals surface area contributed by atoms with Crippen molar-refractivity contribution in [2.75, 3.05) is 0 Å². The van der Waals surface area contributed by atoms with Gasteiger partial charge in [-0.2, -0.15) is 8.78 Å². The highest BCUT2D eigenvalue weighted by molar-refractivity contribution is 7.91. The SMILES string of the molecule is O=C(NC(c1cccs1)C1CCCC1)c1ccc(S(=O)(=O)C(F)F)cc1. The fourth-order valence-electron chi connectivity index (χ4n) is 3.30. The van der Waals surface area contributed by atoms with Crippen molar-refractivity contribution in [3.8, 4) is 0 Å². The minimum Gasteiger partial charge on any atom is -0.344 e. The Hall–Kier alpha value is -1.80. The highest BCUT2D eigenvalue weighted by atomic mass is 32.2. The van der Waals surface area contributed by atoms with Crippen LogP contribution in [-0.2, 0) is 9.84 Å². The number of carbonyl (C=O) groups excluding carboxylic acids is 1. The molecular formula is C18H19F2NO3S2. The molecule has 1 aliphatic rings. The van der Waals surface area contributed by atoms with Crippen LogP contribution in [-0.4, -0.2) is 20.1 Å². The largest absolute Gasteiger partial charge is 0.344 e. The number of halogens is 2. The zero-order chi connectivity index (χ0) is 18.7. The van der Waals surface area contributed by atoms with Gasteiger partial charge in [-0.25, -0.2) is 8.42 Å². The summed E-state index contributed by atoms with van der Waals surface area (Å²) in [6.45, 7) is 0. The van der Waals surface area contributed by atoms with Crippen molar-refractivity contribution in [2.45, 2.75) is 42.4 Å². The standard InChI is InChI=1S/C18H19F2NO3S2/c19-18(20)26(23,24)14-9-7-13(8-10-14)17(22)21-16(12-4-1-2-5-12)15-6-3-11-25-15/h3,6-12,16,18H,1-2,4-5H2,(H,21,22). The lowest BCUT2D eigenvalue weighted by Crippen LogP contribution is -2.32. The molecule has 1 aliphatic carbocycles. The van der Waals surface area contributed by atoms with Gasteiger partial charge in [-0.1, -0.05) is 18.9 Å². The summed E-state index contributed by atoms with van der Waals surface area (Å²) in [6, 6.07) is 8.48. The van der Waals surface area contributed by atoms with Gasteiger partial charge in [0.1, 0.15) is 0 Å². The Bertz CT molecular complexity index is 843. The van der Waals surface area contributed by atoms with Gasteiger partial charge in [0.2, 0.25) is 9.84 Å². The Morgan fingerprint density at radius 3 is 2.31 bits per heavy atom. The Balaban J connectivity index is 1.78. The molecule has 2 aromatic rings. The van der Waals surface area contributed by atoms with Gasteiger partial charge in [0.15, 0.2) is 0 Å². The number of hydrogen-bond donors (Lipinski definition) is 1. The molecule has 0 spiro atoms. The molecule has 8 heteroatoms. The number of sulfone groups is 1. The molecule has 26 heavy (non-hydrogen) atoms. The van der Waals surface area contributed by atoms with Crippen molar-refractivity contribution in [1.29, 1.82) is 0 Å². The Kier molecular flexibility index (Phi) is 5.72. The van der Waals surface area contributed by atoms with Gasteiger partial charge in [0, 0.05) is 10.4 Å². The smallest absolute Gasteiger partial charge is 0.341 e. The fraction of sp³-hybridized carbons (Fsp3) is 0.389. The quantitative estimate of drug-likeness (QED) is 0.783. The third kappa shape index (κ3) is 3.96. The molecule has 0 bridgehead atoms. The lowest BCUT2D eigenvalue weighted by Gasteiger charge is -2.24. The van der Waals surface area contributed by atoms with Crippen LogP contribution in [0.25, 0.3) is 0 Å². The molecule has 3 rings (SSSR count). The van der Waals surface area contributed by atoms with Crippen LogP contribution >= 0.6 is 11.3 Å². The fourth-order valence-corrected chi connectivity index (χ4v) is 4.89. The number of benzene rings is 1. The summed E-state index contributed by atoms with van der Waals surface area (Å²) in [5, 5.41) is 5.00. The third-order valence-corrected chi connectivity index (χ3v) is 7.04. The maximum absolute atomic E-state index is 12.6. The number of alkyl halides is 2. The first-order valence-electron chi connectivity index (χ1n) is 8.36. The van der Waals surface area contributed by atoms with Crippen LogP contribution in [0.2, 0.25) is 0 Å². The summed E-state index contributed by atoms with van der Waals surface area (Å²) in [6.07, 6.45) is 4.38. The first kappa shape index (κ1) is 19.0. The number of nitrogens with one attached hydrogen (secondary N) is 1. The number of rotatable bonds is 6. The lowest BCUT2D eigenvalue weighted by molar-refractivity contribution is 0.0922. The van der Waals surface area contributed by atoms with Crippen LogP contribution in [0, 0.1) is 5.92 Å². The van der Waals surface area contributed by atoms with Crippen LogP contribution in [0.1, 0.15) is 47.0 Å². The predicted octanol–water partition coefficient (Wildman–Crippen LogP) is 4.41. The van der Waals surface area contributed by atoms with E-state index in [2.05, 4.69) is 5.32 Å². The summed E-state index contributed by atoms with van der Waals surface area (Å²) in [5.41, 5.74) is 0.248. The van der Waals surface area contributed by atoms with Gasteiger partial charge in [-0.3, -0.25) is 4.79 Å². The maximum Gasteiger partial charge on any atom is 0.341 e. The van der Waals surface area contributed by atoms with Crippen molar-refractivity contribution >= 4 is 27.1 Å². The number of hydrogen-bond acceptors (Lipinski definition) is 4. The van der Waals surface area contributed by atoms with Gasteiger partial charge in [-0.15, -0.1) is 11.3 Å². The molecular weight excluding hydrogens is 380 g/mol. The van der Waals surface area contributed by atoms with E-state index in [0.717, 1.165) is 42.7 Å². The summed E-state index contributed by atoms with van der Waals surface area (Å²) in [7, 11) is -4.65. The molecule has 140 valence electrons. The second-order valence-electron chi connectivity index (χ2n) is 6.34. The number of thiophene rings is 1. The monoisotopic (exact) mass is 399 g/mol. The molecule has 1 fully saturated rings. The van der Waals surface area contributed by atoms with Crippen molar-refractivity contribution in [1.82, 2.24) is 5.32 Å². The Morgan fingerprint density at radius 2 is 1.77 bits per heavy atom. The number of carbonyl (C=O) groups is 1. The maximum atomic E-state index is 12.6. The van der Waals surface area contributed by atoms with Gasteiger partial charge >= 0.3 is 5.76 Å². The van der Waals surface area contributed by atoms with Crippen LogP contribution in [0.4, 0.5) is 8.78 Å². The van der Waals surface area contributed by atoms with Crippen molar-refractivity contribution in [3.63, 3.8) is 0 Å². The summed E-state index contributed by atoms with van der Waals surface area (Å²) >= 11 is 1.59. The van der Waals surface area contributed by atoms with E-state index in [9.17, 15) is 22.0 Å². The molecule has 1 amide bonds. The second kappa shape index (κ2) is 7.84. The van der Waals surface area contributed by atoms with Gasteiger partial charge in [0.05, 0.1) is 10.9 Å². The normalized spacial score (nSPS) is 16.7. The summed E-state index contributed by atoms with van der Waals surface area (Å²) in [4.78, 5) is 13.2. The van der Waals surface area contributed by atoms with Crippen molar-refractivity contribution in [2.24, 2.45) is 5.92 Å². The third-order valence-electron chi connectivity index (χ3n) is 4.69. The molecule has 1 atom stereocenters. The summed E-state index contributed by atoms with van der Waals surface area (Å²) in [5.74, 6) is -3.44. The zero-order valence-electron chi connectivity index (χ0n) is 13.9. The molecule has 0 aliphatic heterocycles. The van der Waals surface area contributed by atoms with Crippen LogP contribution in [0.5, 0.6) is 0 Å². The van der Waals surface area contributed by atoms with E-state index in [1.807, 2.05) is 17.5 Å². The van der Waals surface area contributed by atoms with E-state index in [1.165, 1.54) is 12.1 Å². The molecule has 1 aromatic carbocycles. The molecule has 1 aromatic heterocycles. The van der Waals surface area contributed by atoms with Gasteiger partial charge in [-0.05, 0) is 54.5 Å². The molecule has 0 saturated heterocycles. The minimum absolute atomic E-state index is 0.0885. The molecule has 1 saturated carbocycles. The molecule has 1 N–H and O–H groups in total. The first-order valence-corrected chi connectivity index (χ1v) is 10.8. The van der Waals surface area contributed by atoms with Crippen molar-refractivity contribution in [3.05, 3.63) is 52.2 Å². The molecule has 4 nitrogen and oxygen atoms in total. The van der Waals surface area contributed by atoms with E-state index in [1.54, 1.807) is 11.3 Å². The number of amides is 1. The predicted molar refractivity (Wildman–Crippen MR) is 96.1 cm³/mol. The minimum atomic E-state index is -4.65. The highest BCUT2D eigenvalue weighted by Gasteiger charge is 2.29. The zero-order valence-corrected chi connectivity index (χ0v) is 15.5. The van der Waals surface area contributed by atoms with E-state index in [-0.39, 0.29) is 17.5 Å². The van der Waals surface area contributed by atoms with E-state index in [4.69, 9.17) is 0 Å². The molecule has 1 unspecified atom stereocenters. The van der Waals surface area contributed by atoms with E-state index < -0.39 is 20.5 Å². The van der Waals surface area contributed by atoms with Crippen LogP contribution in [0.3, 0.4) is 0 Å². The Labute approximate surface area is 155 Å². The average Bonchev–Trinajstić information content (AvgIpc) is 3.33. The molecule has 0 radical (unpaired) electrons. The average molecular weight is 399 g/mol. The van der Waals surface area contributed by atoms with Gasteiger partial charge in [0.25, 0.3) is 5.91 Å². The highest BCUT2D eigenvalue weighted by Crippen LogP contribution is 2.37. The summed E-state index contributed by atoms with van der Waals surface area (Å²) < 4.78 is 48.1. The van der Waals surface area contributed by atoms with E-state index >= 15 is 0 Å². The first-order chi connectivity index (χ1) is 12.4. The topological polar surface area (TPSA) is 63.2 Å². The molecule has 1 heterocycles. The lowest BCUT2D eigenvalue weighted by atomic mass is 9.96. The van der Waals surface area contributed by atoms with Crippen LogP contribution in [0.15, 0.2) is 46.7 Å². The van der Waals surface area contributed by atoms with Crippen molar-refractivity contribution < 1.29 is 22.0 Å². The van der Waals surface area contributed by atoms with Gasteiger partial charge < -0.3 is 5.32 Å².